The number of rotatable bonds is 20. The lowest BCUT2D eigenvalue weighted by molar-refractivity contribution is -0.126. The van der Waals surface area contributed by atoms with Crippen molar-refractivity contribution in [1.82, 2.24) is 5.32 Å². The van der Waals surface area contributed by atoms with Crippen molar-refractivity contribution in [3.05, 3.63) is 10.4 Å². The highest BCUT2D eigenvalue weighted by Gasteiger charge is 2.00. The van der Waals surface area contributed by atoms with Crippen LogP contribution in [0.5, 0.6) is 0 Å². The SMILES string of the molecule is [N-]=[N+]=NCCOCCOCC(=O)NCCOCCOCCCCCCCl. The summed E-state index contributed by atoms with van der Waals surface area (Å²) in [5.41, 5.74) is 8.07. The summed E-state index contributed by atoms with van der Waals surface area (Å²) in [6.07, 6.45) is 4.40. The van der Waals surface area contributed by atoms with Gasteiger partial charge in [-0.3, -0.25) is 4.79 Å². The summed E-state index contributed by atoms with van der Waals surface area (Å²) in [5, 5.41) is 6.02. The molecule has 0 aliphatic heterocycles. The molecule has 0 bridgehead atoms. The molecule has 0 saturated heterocycles. The number of unbranched alkanes of at least 4 members (excludes halogenated alkanes) is 3. The maximum atomic E-state index is 11.5. The van der Waals surface area contributed by atoms with E-state index in [1.807, 2.05) is 0 Å². The van der Waals surface area contributed by atoms with E-state index >= 15 is 0 Å². The van der Waals surface area contributed by atoms with Crippen LogP contribution in [0.2, 0.25) is 0 Å². The number of hydrogen-bond donors (Lipinski definition) is 1. The lowest BCUT2D eigenvalue weighted by Gasteiger charge is -2.08. The van der Waals surface area contributed by atoms with Crippen LogP contribution in [0, 0.1) is 0 Å². The van der Waals surface area contributed by atoms with E-state index in [-0.39, 0.29) is 19.1 Å². The zero-order valence-corrected chi connectivity index (χ0v) is 16.1. The van der Waals surface area contributed by atoms with E-state index in [1.165, 1.54) is 0 Å². The molecule has 1 amide bonds. The van der Waals surface area contributed by atoms with E-state index in [4.69, 9.17) is 36.1 Å². The molecular weight excluding hydrogens is 364 g/mol. The topological polar surface area (TPSA) is 115 Å². The number of carbonyl (C=O) groups excluding carboxylic acids is 1. The van der Waals surface area contributed by atoms with Gasteiger partial charge >= 0.3 is 0 Å². The molecule has 0 aromatic carbocycles. The highest BCUT2D eigenvalue weighted by Crippen LogP contribution is 2.00. The quantitative estimate of drug-likeness (QED) is 0.112. The van der Waals surface area contributed by atoms with Crippen LogP contribution in [-0.4, -0.2) is 77.7 Å². The van der Waals surface area contributed by atoms with Gasteiger partial charge in [0, 0.05) is 30.5 Å². The fraction of sp³-hybridized carbons (Fsp3) is 0.938. The van der Waals surface area contributed by atoms with E-state index in [1.54, 1.807) is 0 Å². The van der Waals surface area contributed by atoms with Gasteiger partial charge in [-0.2, -0.15) is 0 Å². The molecule has 0 aliphatic rings. The minimum absolute atomic E-state index is 0.0213. The molecule has 0 spiro atoms. The standard InChI is InChI=1S/C16H31ClN4O5/c17-5-3-1-2-4-8-23-11-12-24-9-6-19-16(22)15-26-14-13-25-10-7-20-21-18/h1-15H2,(H,19,22). The Hall–Kier alpha value is -1.09. The molecule has 0 aromatic heterocycles. The highest BCUT2D eigenvalue weighted by atomic mass is 35.5. The van der Waals surface area contributed by atoms with Crippen LogP contribution in [0.3, 0.4) is 0 Å². The summed E-state index contributed by atoms with van der Waals surface area (Å²) >= 11 is 5.60. The molecule has 152 valence electrons. The molecule has 0 fully saturated rings. The summed E-state index contributed by atoms with van der Waals surface area (Å²) in [6.45, 7) is 3.96. The molecule has 0 aromatic rings. The Kier molecular flexibility index (Phi) is 21.0. The van der Waals surface area contributed by atoms with E-state index in [9.17, 15) is 4.79 Å². The Morgan fingerprint density at radius 1 is 0.885 bits per heavy atom. The van der Waals surface area contributed by atoms with Gasteiger partial charge in [0.15, 0.2) is 0 Å². The predicted molar refractivity (Wildman–Crippen MR) is 99.5 cm³/mol. The van der Waals surface area contributed by atoms with Crippen molar-refractivity contribution in [3.8, 4) is 0 Å². The second kappa shape index (κ2) is 22.0. The molecule has 0 heterocycles. The first-order valence-electron chi connectivity index (χ1n) is 8.95. The van der Waals surface area contributed by atoms with Crippen molar-refractivity contribution in [2.75, 3.05) is 71.8 Å². The number of hydrogen-bond acceptors (Lipinski definition) is 6. The molecule has 0 aliphatic carbocycles. The van der Waals surface area contributed by atoms with Crippen molar-refractivity contribution in [1.29, 1.82) is 0 Å². The van der Waals surface area contributed by atoms with Gasteiger partial charge in [-0.25, -0.2) is 0 Å². The van der Waals surface area contributed by atoms with Gasteiger partial charge in [0.2, 0.25) is 5.91 Å². The summed E-state index contributed by atoms with van der Waals surface area (Å²) in [5.74, 6) is 0.530. The van der Waals surface area contributed by atoms with E-state index in [0.29, 0.717) is 46.2 Å². The van der Waals surface area contributed by atoms with Crippen molar-refractivity contribution in [2.45, 2.75) is 25.7 Å². The van der Waals surface area contributed by atoms with Gasteiger partial charge in [0.25, 0.3) is 0 Å². The first-order valence-corrected chi connectivity index (χ1v) is 9.49. The fourth-order valence-electron chi connectivity index (χ4n) is 1.82. The van der Waals surface area contributed by atoms with Crippen LogP contribution in [-0.2, 0) is 23.7 Å². The zero-order valence-electron chi connectivity index (χ0n) is 15.4. The average Bonchev–Trinajstić information content (AvgIpc) is 2.65. The summed E-state index contributed by atoms with van der Waals surface area (Å²) in [7, 11) is 0. The molecule has 0 atom stereocenters. The Bertz CT molecular complexity index is 371. The number of azide groups is 1. The van der Waals surface area contributed by atoms with Crippen molar-refractivity contribution >= 4 is 17.5 Å². The van der Waals surface area contributed by atoms with Crippen LogP contribution >= 0.6 is 11.6 Å². The summed E-state index contributed by atoms with van der Waals surface area (Å²) < 4.78 is 21.1. The normalized spacial score (nSPS) is 10.5. The Morgan fingerprint density at radius 2 is 1.54 bits per heavy atom. The van der Waals surface area contributed by atoms with Gasteiger partial charge in [0.1, 0.15) is 6.61 Å². The van der Waals surface area contributed by atoms with Crippen LogP contribution in [0.15, 0.2) is 5.11 Å². The van der Waals surface area contributed by atoms with Crippen LogP contribution in [0.25, 0.3) is 10.4 Å². The molecule has 9 nitrogen and oxygen atoms in total. The first-order chi connectivity index (χ1) is 12.8. The first kappa shape index (κ1) is 24.9. The molecule has 1 N–H and O–H groups in total. The lowest BCUT2D eigenvalue weighted by atomic mass is 10.2. The van der Waals surface area contributed by atoms with Gasteiger partial charge in [-0.1, -0.05) is 18.0 Å². The van der Waals surface area contributed by atoms with Crippen LogP contribution in [0.1, 0.15) is 25.7 Å². The lowest BCUT2D eigenvalue weighted by Crippen LogP contribution is -2.31. The largest absolute Gasteiger partial charge is 0.379 e. The molecule has 0 rings (SSSR count). The van der Waals surface area contributed by atoms with E-state index in [2.05, 4.69) is 15.3 Å². The number of halogens is 1. The third-order valence-electron chi connectivity index (χ3n) is 3.12. The van der Waals surface area contributed by atoms with Crippen LogP contribution < -0.4 is 5.32 Å². The molecular formula is C16H31ClN4O5. The maximum absolute atomic E-state index is 11.5. The van der Waals surface area contributed by atoms with E-state index in [0.717, 1.165) is 38.2 Å². The fourth-order valence-corrected chi connectivity index (χ4v) is 2.01. The number of carbonyl (C=O) groups is 1. The monoisotopic (exact) mass is 394 g/mol. The summed E-state index contributed by atoms with van der Waals surface area (Å²) in [4.78, 5) is 14.1. The predicted octanol–water partition coefficient (Wildman–Crippen LogP) is 2.28. The third kappa shape index (κ3) is 21.0. The molecule has 10 heteroatoms. The number of ether oxygens (including phenoxy) is 4. The zero-order chi connectivity index (χ0) is 19.1. The Labute approximate surface area is 160 Å². The average molecular weight is 395 g/mol. The van der Waals surface area contributed by atoms with Crippen molar-refractivity contribution < 1.29 is 23.7 Å². The number of amides is 1. The van der Waals surface area contributed by atoms with Crippen LogP contribution in [0.4, 0.5) is 0 Å². The number of alkyl halides is 1. The Morgan fingerprint density at radius 3 is 2.27 bits per heavy atom. The second-order valence-electron chi connectivity index (χ2n) is 5.30. The highest BCUT2D eigenvalue weighted by molar-refractivity contribution is 6.17. The minimum atomic E-state index is -0.198. The van der Waals surface area contributed by atoms with Crippen molar-refractivity contribution in [3.63, 3.8) is 0 Å². The third-order valence-corrected chi connectivity index (χ3v) is 3.38. The van der Waals surface area contributed by atoms with Gasteiger partial charge < -0.3 is 24.3 Å². The molecule has 26 heavy (non-hydrogen) atoms. The second-order valence-corrected chi connectivity index (χ2v) is 5.68. The summed E-state index contributed by atoms with van der Waals surface area (Å²) in [6, 6.07) is 0. The smallest absolute Gasteiger partial charge is 0.246 e. The minimum Gasteiger partial charge on any atom is -0.379 e. The Balaban J connectivity index is 3.16. The van der Waals surface area contributed by atoms with Gasteiger partial charge in [0.05, 0.1) is 39.6 Å². The molecule has 0 saturated carbocycles. The van der Waals surface area contributed by atoms with Gasteiger partial charge in [-0.15, -0.1) is 11.6 Å². The molecule has 0 radical (unpaired) electrons. The maximum Gasteiger partial charge on any atom is 0.246 e. The van der Waals surface area contributed by atoms with Crippen molar-refractivity contribution in [2.24, 2.45) is 5.11 Å². The number of nitrogens with zero attached hydrogens (tertiary/aromatic N) is 3. The van der Waals surface area contributed by atoms with Gasteiger partial charge in [-0.05, 0) is 18.4 Å². The molecule has 0 unspecified atom stereocenters. The van der Waals surface area contributed by atoms with E-state index < -0.39 is 0 Å². The number of nitrogens with one attached hydrogen (secondary N) is 1.